The van der Waals surface area contributed by atoms with Crippen LogP contribution in [-0.2, 0) is 14.3 Å². The van der Waals surface area contributed by atoms with Crippen LogP contribution in [0.1, 0.15) is 33.6 Å². The Bertz CT molecular complexity index is 246. The summed E-state index contributed by atoms with van der Waals surface area (Å²) in [6.45, 7) is 6.67. The average molecular weight is 213 g/mol. The molecule has 0 spiro atoms. The van der Waals surface area contributed by atoms with Gasteiger partial charge in [-0.05, 0) is 25.7 Å². The molecule has 0 aromatic heterocycles. The SMILES string of the molecule is CCOC(=O)C(=O)N(CC(C)C)C1CC1. The van der Waals surface area contributed by atoms with Crippen molar-refractivity contribution in [2.24, 2.45) is 5.92 Å². The minimum absolute atomic E-state index is 0.255. The molecule has 1 aliphatic carbocycles. The maximum Gasteiger partial charge on any atom is 0.397 e. The van der Waals surface area contributed by atoms with Crippen molar-refractivity contribution in [2.45, 2.75) is 39.7 Å². The fourth-order valence-electron chi connectivity index (χ4n) is 1.49. The monoisotopic (exact) mass is 213 g/mol. The van der Waals surface area contributed by atoms with Gasteiger partial charge in [0.2, 0.25) is 0 Å². The van der Waals surface area contributed by atoms with Crippen LogP contribution in [0.25, 0.3) is 0 Å². The van der Waals surface area contributed by atoms with Gasteiger partial charge in [-0.2, -0.15) is 0 Å². The molecule has 0 atom stereocenters. The molecule has 0 aromatic carbocycles. The lowest BCUT2D eigenvalue weighted by Gasteiger charge is -2.23. The van der Waals surface area contributed by atoms with E-state index < -0.39 is 11.9 Å². The van der Waals surface area contributed by atoms with Crippen LogP contribution in [0.15, 0.2) is 0 Å². The Kier molecular flexibility index (Phi) is 4.12. The lowest BCUT2D eigenvalue weighted by Crippen LogP contribution is -2.41. The highest BCUT2D eigenvalue weighted by Gasteiger charge is 2.36. The second-order valence-corrected chi connectivity index (χ2v) is 4.30. The summed E-state index contributed by atoms with van der Waals surface area (Å²) in [7, 11) is 0. The number of carbonyl (C=O) groups is 2. The maximum atomic E-state index is 11.7. The summed E-state index contributed by atoms with van der Waals surface area (Å²) in [5, 5.41) is 0. The highest BCUT2D eigenvalue weighted by Crippen LogP contribution is 2.27. The van der Waals surface area contributed by atoms with Crippen LogP contribution in [0, 0.1) is 5.92 Å². The Balaban J connectivity index is 2.54. The summed E-state index contributed by atoms with van der Waals surface area (Å²) in [6.07, 6.45) is 2.02. The summed E-state index contributed by atoms with van der Waals surface area (Å²) in [4.78, 5) is 24.6. The van der Waals surface area contributed by atoms with Crippen LogP contribution >= 0.6 is 0 Å². The van der Waals surface area contributed by atoms with Gasteiger partial charge in [0.25, 0.3) is 0 Å². The molecule has 1 aliphatic rings. The van der Waals surface area contributed by atoms with Crippen molar-refractivity contribution in [3.8, 4) is 0 Å². The number of carbonyl (C=O) groups excluding carboxylic acids is 2. The van der Waals surface area contributed by atoms with E-state index in [0.717, 1.165) is 12.8 Å². The zero-order chi connectivity index (χ0) is 11.4. The standard InChI is InChI=1S/C11H19NO3/c1-4-15-11(14)10(13)12(7-8(2)3)9-5-6-9/h8-9H,4-7H2,1-3H3. The molecule has 0 bridgehead atoms. The average Bonchev–Trinajstić information content (AvgIpc) is 2.96. The maximum absolute atomic E-state index is 11.7. The largest absolute Gasteiger partial charge is 0.459 e. The van der Waals surface area contributed by atoms with Crippen molar-refractivity contribution in [1.82, 2.24) is 4.90 Å². The third-order valence-corrected chi connectivity index (χ3v) is 2.26. The summed E-state index contributed by atoms with van der Waals surface area (Å²) >= 11 is 0. The highest BCUT2D eigenvalue weighted by molar-refractivity contribution is 6.32. The molecule has 1 fully saturated rings. The summed E-state index contributed by atoms with van der Waals surface area (Å²) in [5.41, 5.74) is 0. The molecule has 4 heteroatoms. The predicted molar refractivity (Wildman–Crippen MR) is 56.2 cm³/mol. The van der Waals surface area contributed by atoms with E-state index in [0.29, 0.717) is 12.5 Å². The van der Waals surface area contributed by atoms with Gasteiger partial charge in [0.05, 0.1) is 6.61 Å². The van der Waals surface area contributed by atoms with E-state index in [1.165, 1.54) is 0 Å². The van der Waals surface area contributed by atoms with Gasteiger partial charge in [0, 0.05) is 12.6 Å². The van der Waals surface area contributed by atoms with Gasteiger partial charge in [-0.1, -0.05) is 13.8 Å². The molecule has 0 radical (unpaired) electrons. The van der Waals surface area contributed by atoms with Gasteiger partial charge >= 0.3 is 11.9 Å². The molecule has 1 amide bonds. The molecule has 0 N–H and O–H groups in total. The number of amides is 1. The van der Waals surface area contributed by atoms with Crippen LogP contribution in [0.3, 0.4) is 0 Å². The van der Waals surface area contributed by atoms with Crippen molar-refractivity contribution in [3.05, 3.63) is 0 Å². The Hall–Kier alpha value is -1.06. The molecular formula is C11H19NO3. The van der Waals surface area contributed by atoms with Crippen LogP contribution in [0.2, 0.25) is 0 Å². The molecule has 0 aliphatic heterocycles. The molecular weight excluding hydrogens is 194 g/mol. The number of hydrogen-bond donors (Lipinski definition) is 0. The van der Waals surface area contributed by atoms with Gasteiger partial charge in [-0.3, -0.25) is 4.79 Å². The molecule has 86 valence electrons. The predicted octanol–water partition coefficient (Wildman–Crippen LogP) is 1.20. The Morgan fingerprint density at radius 3 is 2.40 bits per heavy atom. The van der Waals surface area contributed by atoms with Crippen LogP contribution in [0.4, 0.5) is 0 Å². The van der Waals surface area contributed by atoms with Crippen LogP contribution in [-0.4, -0.2) is 36.0 Å². The van der Waals surface area contributed by atoms with Gasteiger partial charge in [0.1, 0.15) is 0 Å². The number of ether oxygens (including phenoxy) is 1. The van der Waals surface area contributed by atoms with Crippen molar-refractivity contribution in [3.63, 3.8) is 0 Å². The molecule has 1 saturated carbocycles. The first-order valence-electron chi connectivity index (χ1n) is 5.54. The second-order valence-electron chi connectivity index (χ2n) is 4.30. The topological polar surface area (TPSA) is 46.6 Å². The van der Waals surface area contributed by atoms with Crippen LogP contribution < -0.4 is 0 Å². The number of rotatable bonds is 4. The lowest BCUT2D eigenvalue weighted by molar-refractivity contribution is -0.160. The van der Waals surface area contributed by atoms with E-state index >= 15 is 0 Å². The minimum Gasteiger partial charge on any atom is -0.459 e. The first-order valence-corrected chi connectivity index (χ1v) is 5.54. The summed E-state index contributed by atoms with van der Waals surface area (Å²) in [5.74, 6) is -0.818. The molecule has 15 heavy (non-hydrogen) atoms. The normalized spacial score (nSPS) is 15.2. The summed E-state index contributed by atoms with van der Waals surface area (Å²) in [6, 6.07) is 0.268. The zero-order valence-electron chi connectivity index (χ0n) is 9.66. The zero-order valence-corrected chi connectivity index (χ0v) is 9.66. The van der Waals surface area contributed by atoms with Crippen molar-refractivity contribution in [1.29, 1.82) is 0 Å². The fraction of sp³-hybridized carbons (Fsp3) is 0.818. The summed E-state index contributed by atoms with van der Waals surface area (Å²) < 4.78 is 4.71. The third-order valence-electron chi connectivity index (χ3n) is 2.26. The minimum atomic E-state index is -0.718. The third kappa shape index (κ3) is 3.53. The Morgan fingerprint density at radius 2 is 2.00 bits per heavy atom. The first-order chi connectivity index (χ1) is 7.06. The number of nitrogens with zero attached hydrogens (tertiary/aromatic N) is 1. The van der Waals surface area contributed by atoms with Gasteiger partial charge < -0.3 is 9.64 Å². The molecule has 1 rings (SSSR count). The van der Waals surface area contributed by atoms with E-state index in [4.69, 9.17) is 4.74 Å². The van der Waals surface area contributed by atoms with E-state index in [2.05, 4.69) is 0 Å². The number of hydrogen-bond acceptors (Lipinski definition) is 3. The van der Waals surface area contributed by atoms with Gasteiger partial charge in [-0.25, -0.2) is 4.79 Å². The Labute approximate surface area is 90.6 Å². The van der Waals surface area contributed by atoms with Crippen LogP contribution in [0.5, 0.6) is 0 Å². The molecule has 0 saturated heterocycles. The van der Waals surface area contributed by atoms with Crippen molar-refractivity contribution in [2.75, 3.05) is 13.2 Å². The molecule has 0 aromatic rings. The van der Waals surface area contributed by atoms with E-state index in [9.17, 15) is 9.59 Å². The van der Waals surface area contributed by atoms with Gasteiger partial charge in [-0.15, -0.1) is 0 Å². The molecule has 0 unspecified atom stereocenters. The molecule has 4 nitrogen and oxygen atoms in total. The highest BCUT2D eigenvalue weighted by atomic mass is 16.5. The molecule has 0 heterocycles. The number of esters is 1. The first kappa shape index (κ1) is 12.0. The lowest BCUT2D eigenvalue weighted by atomic mass is 10.2. The van der Waals surface area contributed by atoms with E-state index in [1.807, 2.05) is 13.8 Å². The fourth-order valence-corrected chi connectivity index (χ4v) is 1.49. The Morgan fingerprint density at radius 1 is 1.40 bits per heavy atom. The quantitative estimate of drug-likeness (QED) is 0.520. The second kappa shape index (κ2) is 5.14. The van der Waals surface area contributed by atoms with Crippen molar-refractivity contribution < 1.29 is 14.3 Å². The van der Waals surface area contributed by atoms with E-state index in [-0.39, 0.29) is 12.6 Å². The smallest absolute Gasteiger partial charge is 0.397 e. The van der Waals surface area contributed by atoms with E-state index in [1.54, 1.807) is 11.8 Å². The van der Waals surface area contributed by atoms with Gasteiger partial charge in [0.15, 0.2) is 0 Å². The van der Waals surface area contributed by atoms with Crippen molar-refractivity contribution >= 4 is 11.9 Å².